The molecule has 3 nitrogen and oxygen atoms in total. The molecule has 1 aromatic rings. The second kappa shape index (κ2) is 6.02. The van der Waals surface area contributed by atoms with E-state index in [2.05, 4.69) is 5.32 Å². The van der Waals surface area contributed by atoms with Gasteiger partial charge in [-0.25, -0.2) is 8.78 Å². The first-order valence-electron chi connectivity index (χ1n) is 6.09. The highest BCUT2D eigenvalue weighted by molar-refractivity contribution is 5.97. The summed E-state index contributed by atoms with van der Waals surface area (Å²) in [6.45, 7) is 3.44. The smallest absolute Gasteiger partial charge is 0.179 e. The molecule has 0 spiro atoms. The summed E-state index contributed by atoms with van der Waals surface area (Å²) in [6.07, 6.45) is 0.957. The number of carbonyl (C=O) groups is 1. The van der Waals surface area contributed by atoms with Crippen molar-refractivity contribution >= 4 is 5.78 Å². The van der Waals surface area contributed by atoms with Crippen LogP contribution in [0.4, 0.5) is 8.78 Å². The summed E-state index contributed by atoms with van der Waals surface area (Å²) in [5.41, 5.74) is -0.160. The Bertz CT molecular complexity index is 429. The van der Waals surface area contributed by atoms with Crippen LogP contribution < -0.4 is 5.32 Å². The first kappa shape index (κ1) is 13.1. The SMILES string of the molecule is O=C(CN1CCCNCC1)c1cccc(F)c1F. The molecule has 0 bridgehead atoms. The fraction of sp³-hybridized carbons (Fsp3) is 0.462. The number of nitrogens with one attached hydrogen (secondary N) is 1. The van der Waals surface area contributed by atoms with Crippen molar-refractivity contribution in [3.8, 4) is 0 Å². The minimum Gasteiger partial charge on any atom is -0.315 e. The third-order valence-electron chi connectivity index (χ3n) is 3.05. The number of halogens is 2. The normalized spacial score (nSPS) is 17.4. The zero-order valence-corrected chi connectivity index (χ0v) is 10.1. The summed E-state index contributed by atoms with van der Waals surface area (Å²) in [5, 5.41) is 3.22. The number of hydrogen-bond donors (Lipinski definition) is 1. The molecule has 1 aliphatic heterocycles. The molecule has 0 saturated carbocycles. The van der Waals surface area contributed by atoms with Crippen LogP contribution in [0.25, 0.3) is 0 Å². The van der Waals surface area contributed by atoms with Crippen molar-refractivity contribution in [3.63, 3.8) is 0 Å². The quantitative estimate of drug-likeness (QED) is 0.828. The van der Waals surface area contributed by atoms with E-state index in [4.69, 9.17) is 0 Å². The fourth-order valence-electron chi connectivity index (χ4n) is 2.07. The van der Waals surface area contributed by atoms with Gasteiger partial charge >= 0.3 is 0 Å². The number of Topliss-reactive ketones (excluding diaryl/α,β-unsaturated/α-hetero) is 1. The molecule has 0 unspecified atom stereocenters. The van der Waals surface area contributed by atoms with E-state index >= 15 is 0 Å². The van der Waals surface area contributed by atoms with Gasteiger partial charge in [0.1, 0.15) is 0 Å². The van der Waals surface area contributed by atoms with Gasteiger partial charge in [-0.1, -0.05) is 6.07 Å². The summed E-state index contributed by atoms with van der Waals surface area (Å²) in [4.78, 5) is 13.9. The fourth-order valence-corrected chi connectivity index (χ4v) is 2.07. The molecule has 18 heavy (non-hydrogen) atoms. The third-order valence-corrected chi connectivity index (χ3v) is 3.05. The largest absolute Gasteiger partial charge is 0.315 e. The molecule has 1 N–H and O–H groups in total. The van der Waals surface area contributed by atoms with Gasteiger partial charge < -0.3 is 5.32 Å². The Hall–Kier alpha value is -1.33. The molecule has 2 rings (SSSR count). The lowest BCUT2D eigenvalue weighted by Crippen LogP contribution is -2.33. The average Bonchev–Trinajstić information content (AvgIpc) is 2.61. The van der Waals surface area contributed by atoms with Gasteiger partial charge in [-0.2, -0.15) is 0 Å². The van der Waals surface area contributed by atoms with Crippen molar-refractivity contribution < 1.29 is 13.6 Å². The lowest BCUT2D eigenvalue weighted by atomic mass is 10.1. The topological polar surface area (TPSA) is 32.3 Å². The summed E-state index contributed by atoms with van der Waals surface area (Å²) in [6, 6.07) is 3.70. The van der Waals surface area contributed by atoms with Crippen LogP contribution in [0.5, 0.6) is 0 Å². The predicted octanol–water partition coefficient (Wildman–Crippen LogP) is 1.44. The van der Waals surface area contributed by atoms with Crippen molar-refractivity contribution in [2.24, 2.45) is 0 Å². The number of nitrogens with zero attached hydrogens (tertiary/aromatic N) is 1. The molecule has 0 aliphatic carbocycles. The van der Waals surface area contributed by atoms with Crippen LogP contribution in [0.2, 0.25) is 0 Å². The van der Waals surface area contributed by atoms with Crippen LogP contribution in [-0.4, -0.2) is 43.4 Å². The lowest BCUT2D eigenvalue weighted by molar-refractivity contribution is 0.0930. The molecule has 98 valence electrons. The zero-order chi connectivity index (χ0) is 13.0. The van der Waals surface area contributed by atoms with E-state index in [9.17, 15) is 13.6 Å². The van der Waals surface area contributed by atoms with E-state index in [0.29, 0.717) is 0 Å². The van der Waals surface area contributed by atoms with Gasteiger partial charge in [0.05, 0.1) is 12.1 Å². The van der Waals surface area contributed by atoms with Crippen molar-refractivity contribution in [2.75, 3.05) is 32.7 Å². The van der Waals surface area contributed by atoms with E-state index in [1.165, 1.54) is 12.1 Å². The Morgan fingerprint density at radius 1 is 1.28 bits per heavy atom. The molecule has 5 heteroatoms. The zero-order valence-electron chi connectivity index (χ0n) is 10.1. The molecule has 1 aromatic carbocycles. The van der Waals surface area contributed by atoms with Gasteiger partial charge in [-0.15, -0.1) is 0 Å². The van der Waals surface area contributed by atoms with E-state index in [1.807, 2.05) is 4.90 Å². The minimum atomic E-state index is -1.05. The number of ketones is 1. The molecule has 1 saturated heterocycles. The van der Waals surface area contributed by atoms with Crippen molar-refractivity contribution in [3.05, 3.63) is 35.4 Å². The Labute approximate surface area is 105 Å². The molecule has 0 aromatic heterocycles. The minimum absolute atomic E-state index is 0.141. The maximum Gasteiger partial charge on any atom is 0.179 e. The van der Waals surface area contributed by atoms with Crippen molar-refractivity contribution in [2.45, 2.75) is 6.42 Å². The highest BCUT2D eigenvalue weighted by Gasteiger charge is 2.18. The summed E-state index contributed by atoms with van der Waals surface area (Å²) >= 11 is 0. The maximum absolute atomic E-state index is 13.5. The first-order chi connectivity index (χ1) is 8.68. The monoisotopic (exact) mass is 254 g/mol. The van der Waals surface area contributed by atoms with Crippen LogP contribution in [-0.2, 0) is 0 Å². The summed E-state index contributed by atoms with van der Waals surface area (Å²) < 4.78 is 26.5. The van der Waals surface area contributed by atoms with Crippen LogP contribution in [0.1, 0.15) is 16.8 Å². The van der Waals surface area contributed by atoms with Crippen LogP contribution in [0, 0.1) is 11.6 Å². The molecule has 0 atom stereocenters. The van der Waals surface area contributed by atoms with E-state index < -0.39 is 11.6 Å². The van der Waals surface area contributed by atoms with E-state index in [-0.39, 0.29) is 17.9 Å². The third kappa shape index (κ3) is 3.11. The van der Waals surface area contributed by atoms with Crippen molar-refractivity contribution in [1.82, 2.24) is 10.2 Å². The van der Waals surface area contributed by atoms with E-state index in [0.717, 1.165) is 38.7 Å². The maximum atomic E-state index is 13.5. The lowest BCUT2D eigenvalue weighted by Gasteiger charge is -2.18. The number of hydrogen-bond acceptors (Lipinski definition) is 3. The molecule has 0 amide bonds. The average molecular weight is 254 g/mol. The van der Waals surface area contributed by atoms with Crippen LogP contribution in [0.3, 0.4) is 0 Å². The predicted molar refractivity (Wildman–Crippen MR) is 64.6 cm³/mol. The van der Waals surface area contributed by atoms with Gasteiger partial charge in [-0.05, 0) is 31.6 Å². The Kier molecular flexibility index (Phi) is 4.38. The van der Waals surface area contributed by atoms with Gasteiger partial charge in [-0.3, -0.25) is 9.69 Å². The van der Waals surface area contributed by atoms with Crippen LogP contribution >= 0.6 is 0 Å². The first-order valence-corrected chi connectivity index (χ1v) is 6.09. The molecular weight excluding hydrogens is 238 g/mol. The molecule has 0 radical (unpaired) electrons. The molecule has 1 aliphatic rings. The van der Waals surface area contributed by atoms with Gasteiger partial charge in [0, 0.05) is 13.1 Å². The van der Waals surface area contributed by atoms with Gasteiger partial charge in [0.2, 0.25) is 0 Å². The Balaban J connectivity index is 2.04. The highest BCUT2D eigenvalue weighted by Crippen LogP contribution is 2.12. The second-order valence-corrected chi connectivity index (χ2v) is 4.40. The standard InChI is InChI=1S/C13H16F2N2O/c14-11-4-1-3-10(13(11)15)12(18)9-17-7-2-5-16-6-8-17/h1,3-4,16H,2,5-9H2. The summed E-state index contributed by atoms with van der Waals surface area (Å²) in [5.74, 6) is -2.39. The molecule has 1 heterocycles. The number of rotatable bonds is 3. The Morgan fingerprint density at radius 2 is 2.11 bits per heavy atom. The molecular formula is C13H16F2N2O. The number of carbonyl (C=O) groups excluding carboxylic acids is 1. The van der Waals surface area contributed by atoms with Gasteiger partial charge in [0.25, 0.3) is 0 Å². The van der Waals surface area contributed by atoms with Crippen LogP contribution in [0.15, 0.2) is 18.2 Å². The summed E-state index contributed by atoms with van der Waals surface area (Å²) in [7, 11) is 0. The van der Waals surface area contributed by atoms with E-state index in [1.54, 1.807) is 0 Å². The van der Waals surface area contributed by atoms with Gasteiger partial charge in [0.15, 0.2) is 17.4 Å². The van der Waals surface area contributed by atoms with Crippen molar-refractivity contribution in [1.29, 1.82) is 0 Å². The highest BCUT2D eigenvalue weighted by atomic mass is 19.2. The second-order valence-electron chi connectivity index (χ2n) is 4.40. The number of benzene rings is 1. The Morgan fingerprint density at radius 3 is 2.94 bits per heavy atom. The molecule has 1 fully saturated rings.